The summed E-state index contributed by atoms with van der Waals surface area (Å²) >= 11 is 0. The van der Waals surface area contributed by atoms with E-state index in [1.807, 2.05) is 31.3 Å². The minimum absolute atomic E-state index is 0.0124. The molecule has 1 aliphatic heterocycles. The molecular formula is C15H21N5O. The summed E-state index contributed by atoms with van der Waals surface area (Å²) < 4.78 is 3.90. The van der Waals surface area contributed by atoms with Crippen molar-refractivity contribution in [1.82, 2.24) is 19.1 Å². The van der Waals surface area contributed by atoms with Crippen LogP contribution in [0.15, 0.2) is 29.6 Å². The summed E-state index contributed by atoms with van der Waals surface area (Å²) in [4.78, 5) is 22.9. The summed E-state index contributed by atoms with van der Waals surface area (Å²) in [5.74, 6) is 2.23. The van der Waals surface area contributed by atoms with Gasteiger partial charge in [-0.2, -0.15) is 0 Å². The summed E-state index contributed by atoms with van der Waals surface area (Å²) in [6.45, 7) is 4.44. The number of rotatable bonds is 4. The number of fused-ring (bicyclic) bond motifs is 1. The molecule has 0 saturated heterocycles. The van der Waals surface area contributed by atoms with E-state index < -0.39 is 0 Å². The van der Waals surface area contributed by atoms with E-state index in [0.717, 1.165) is 25.9 Å². The van der Waals surface area contributed by atoms with E-state index in [9.17, 15) is 4.79 Å². The number of aryl methyl sites for hydroxylation is 2. The Bertz CT molecular complexity index is 675. The maximum atomic E-state index is 12.3. The molecule has 0 aliphatic carbocycles. The first-order valence-electron chi connectivity index (χ1n) is 7.45. The number of hydrogen-bond acceptors (Lipinski definition) is 4. The first-order valence-corrected chi connectivity index (χ1v) is 7.45. The van der Waals surface area contributed by atoms with Gasteiger partial charge < -0.3 is 14.0 Å². The van der Waals surface area contributed by atoms with E-state index in [0.29, 0.717) is 18.3 Å². The number of nitrogens with zero attached hydrogens (tertiary/aromatic N) is 5. The molecule has 6 heteroatoms. The highest BCUT2D eigenvalue weighted by atomic mass is 16.1. The fourth-order valence-corrected chi connectivity index (χ4v) is 3.01. The zero-order chi connectivity index (χ0) is 14.8. The molecule has 0 bridgehead atoms. The molecular weight excluding hydrogens is 266 g/mol. The molecule has 0 aromatic carbocycles. The van der Waals surface area contributed by atoms with Gasteiger partial charge in [-0.15, -0.1) is 0 Å². The van der Waals surface area contributed by atoms with Crippen molar-refractivity contribution in [2.45, 2.75) is 32.9 Å². The Balaban J connectivity index is 1.73. The third-order valence-corrected chi connectivity index (χ3v) is 4.16. The first-order chi connectivity index (χ1) is 10.2. The van der Waals surface area contributed by atoms with Crippen LogP contribution in [-0.2, 0) is 19.5 Å². The Morgan fingerprint density at radius 1 is 1.33 bits per heavy atom. The Kier molecular flexibility index (Phi) is 3.77. The number of imidazole rings is 1. The largest absolute Gasteiger partial charge is 0.355 e. The number of aromatic nitrogens is 4. The van der Waals surface area contributed by atoms with Gasteiger partial charge in [0.15, 0.2) is 5.82 Å². The smallest absolute Gasteiger partial charge is 0.293 e. The second kappa shape index (κ2) is 5.71. The van der Waals surface area contributed by atoms with Gasteiger partial charge in [0, 0.05) is 57.9 Å². The van der Waals surface area contributed by atoms with Crippen molar-refractivity contribution in [3.63, 3.8) is 0 Å². The molecule has 0 N–H and O–H groups in total. The van der Waals surface area contributed by atoms with Crippen LogP contribution in [0.1, 0.15) is 19.2 Å². The molecule has 1 atom stereocenters. The van der Waals surface area contributed by atoms with Crippen LogP contribution in [0.3, 0.4) is 0 Å². The Labute approximate surface area is 124 Å². The van der Waals surface area contributed by atoms with Crippen LogP contribution in [0, 0.1) is 5.92 Å². The molecule has 2 aromatic heterocycles. The predicted octanol–water partition coefficient (Wildman–Crippen LogP) is 1.16. The molecule has 1 aliphatic rings. The van der Waals surface area contributed by atoms with Gasteiger partial charge in [-0.3, -0.25) is 4.79 Å². The lowest BCUT2D eigenvalue weighted by atomic mass is 9.99. The lowest BCUT2D eigenvalue weighted by molar-refractivity contribution is 0.368. The summed E-state index contributed by atoms with van der Waals surface area (Å²) in [6.07, 6.45) is 9.44. The average molecular weight is 287 g/mol. The van der Waals surface area contributed by atoms with Crippen molar-refractivity contribution in [2.24, 2.45) is 5.92 Å². The zero-order valence-corrected chi connectivity index (χ0v) is 12.6. The van der Waals surface area contributed by atoms with Crippen molar-refractivity contribution < 1.29 is 0 Å². The van der Waals surface area contributed by atoms with Crippen LogP contribution >= 0.6 is 0 Å². The Morgan fingerprint density at radius 2 is 2.14 bits per heavy atom. The van der Waals surface area contributed by atoms with Gasteiger partial charge in [0.2, 0.25) is 0 Å². The maximum Gasteiger partial charge on any atom is 0.293 e. The van der Waals surface area contributed by atoms with E-state index in [-0.39, 0.29) is 5.56 Å². The minimum atomic E-state index is -0.0124. The van der Waals surface area contributed by atoms with Crippen LogP contribution in [0.2, 0.25) is 0 Å². The van der Waals surface area contributed by atoms with Crippen molar-refractivity contribution >= 4 is 5.82 Å². The van der Waals surface area contributed by atoms with E-state index in [4.69, 9.17) is 0 Å². The van der Waals surface area contributed by atoms with Crippen molar-refractivity contribution in [3.05, 3.63) is 41.0 Å². The van der Waals surface area contributed by atoms with Gasteiger partial charge in [0.05, 0.1) is 0 Å². The molecule has 21 heavy (non-hydrogen) atoms. The first kappa shape index (κ1) is 13.9. The normalized spacial score (nSPS) is 17.5. The summed E-state index contributed by atoms with van der Waals surface area (Å²) in [7, 11) is 1.95. The molecule has 0 fully saturated rings. The molecule has 0 spiro atoms. The van der Waals surface area contributed by atoms with E-state index >= 15 is 0 Å². The van der Waals surface area contributed by atoms with Gasteiger partial charge in [-0.05, 0) is 19.3 Å². The molecule has 6 nitrogen and oxygen atoms in total. The van der Waals surface area contributed by atoms with Crippen molar-refractivity contribution in [1.29, 1.82) is 0 Å². The summed E-state index contributed by atoms with van der Waals surface area (Å²) in [6, 6.07) is 0. The fourth-order valence-electron chi connectivity index (χ4n) is 3.01. The molecule has 3 heterocycles. The van der Waals surface area contributed by atoms with Crippen molar-refractivity contribution in [2.75, 3.05) is 18.5 Å². The zero-order valence-electron chi connectivity index (χ0n) is 12.6. The molecule has 3 rings (SSSR count). The van der Waals surface area contributed by atoms with E-state index in [2.05, 4.69) is 14.5 Å². The number of anilines is 1. The second-order valence-electron chi connectivity index (χ2n) is 5.62. The Morgan fingerprint density at radius 3 is 2.95 bits per heavy atom. The lowest BCUT2D eigenvalue weighted by Gasteiger charge is -2.28. The van der Waals surface area contributed by atoms with Crippen molar-refractivity contribution in [3.8, 4) is 0 Å². The topological polar surface area (TPSA) is 56.0 Å². The van der Waals surface area contributed by atoms with Gasteiger partial charge in [0.25, 0.3) is 5.56 Å². The third kappa shape index (κ3) is 2.70. The fraction of sp³-hybridized carbons (Fsp3) is 0.533. The lowest BCUT2D eigenvalue weighted by Crippen LogP contribution is -2.36. The van der Waals surface area contributed by atoms with Crippen LogP contribution in [0.25, 0.3) is 0 Å². The van der Waals surface area contributed by atoms with E-state index in [1.165, 1.54) is 5.82 Å². The van der Waals surface area contributed by atoms with Crippen LogP contribution in [-0.4, -0.2) is 32.7 Å². The molecule has 0 radical (unpaired) electrons. The SMILES string of the molecule is CCn1ccnc(N(C)CC2CCc3nccn3C2)c1=O. The van der Waals surface area contributed by atoms with Crippen LogP contribution < -0.4 is 10.5 Å². The second-order valence-corrected chi connectivity index (χ2v) is 5.62. The summed E-state index contributed by atoms with van der Waals surface area (Å²) in [5.41, 5.74) is -0.0124. The molecule has 1 unspecified atom stereocenters. The third-order valence-electron chi connectivity index (χ3n) is 4.16. The molecule has 112 valence electrons. The van der Waals surface area contributed by atoms with Gasteiger partial charge in [0.1, 0.15) is 5.82 Å². The minimum Gasteiger partial charge on any atom is -0.355 e. The van der Waals surface area contributed by atoms with Crippen LogP contribution in [0.5, 0.6) is 0 Å². The van der Waals surface area contributed by atoms with Gasteiger partial charge >= 0.3 is 0 Å². The van der Waals surface area contributed by atoms with Gasteiger partial charge in [-0.1, -0.05) is 0 Å². The molecule has 0 saturated carbocycles. The highest BCUT2D eigenvalue weighted by Gasteiger charge is 2.21. The monoisotopic (exact) mass is 287 g/mol. The highest BCUT2D eigenvalue weighted by molar-refractivity contribution is 5.34. The van der Waals surface area contributed by atoms with E-state index in [1.54, 1.807) is 17.0 Å². The molecule has 2 aromatic rings. The average Bonchev–Trinajstić information content (AvgIpc) is 2.95. The van der Waals surface area contributed by atoms with Crippen LogP contribution in [0.4, 0.5) is 5.82 Å². The predicted molar refractivity (Wildman–Crippen MR) is 81.5 cm³/mol. The maximum absolute atomic E-state index is 12.3. The highest BCUT2D eigenvalue weighted by Crippen LogP contribution is 2.20. The van der Waals surface area contributed by atoms with Gasteiger partial charge in [-0.25, -0.2) is 9.97 Å². The molecule has 0 amide bonds. The Hall–Kier alpha value is -2.11. The summed E-state index contributed by atoms with van der Waals surface area (Å²) in [5, 5.41) is 0. The standard InChI is InChI=1S/C15H21N5O/c1-3-19-8-7-17-14(15(19)21)18(2)10-12-4-5-13-16-6-9-20(13)11-12/h6-9,12H,3-5,10-11H2,1-2H3. The quantitative estimate of drug-likeness (QED) is 0.847. The number of hydrogen-bond donors (Lipinski definition) is 0.